The van der Waals surface area contributed by atoms with E-state index < -0.39 is 0 Å². The van der Waals surface area contributed by atoms with Crippen molar-refractivity contribution in [3.63, 3.8) is 0 Å². The zero-order valence-electron chi connectivity index (χ0n) is 12.0. The number of benzene rings is 1. The highest BCUT2D eigenvalue weighted by Gasteiger charge is 2.22. The number of aromatic nitrogens is 3. The van der Waals surface area contributed by atoms with Crippen LogP contribution in [0.4, 0.5) is 0 Å². The molecule has 1 unspecified atom stereocenters. The van der Waals surface area contributed by atoms with Gasteiger partial charge in [-0.2, -0.15) is 15.0 Å². The van der Waals surface area contributed by atoms with Crippen LogP contribution in [0, 0.1) is 5.92 Å². The van der Waals surface area contributed by atoms with Crippen LogP contribution in [0.5, 0.6) is 0 Å². The number of hydrogen-bond donors (Lipinski definition) is 2. The third-order valence-corrected chi connectivity index (χ3v) is 3.96. The Morgan fingerprint density at radius 1 is 1.29 bits per heavy atom. The lowest BCUT2D eigenvalue weighted by Gasteiger charge is -2.25. The fourth-order valence-corrected chi connectivity index (χ4v) is 2.71. The maximum atomic E-state index is 5.71. The molecular formula is C15H21N5O. The molecule has 1 aromatic heterocycles. The van der Waals surface area contributed by atoms with Gasteiger partial charge in [-0.3, -0.25) is 11.3 Å². The third kappa shape index (κ3) is 3.47. The van der Waals surface area contributed by atoms with Crippen LogP contribution in [-0.4, -0.2) is 28.2 Å². The Morgan fingerprint density at radius 3 is 2.76 bits per heavy atom. The van der Waals surface area contributed by atoms with Crippen LogP contribution >= 0.6 is 0 Å². The quantitative estimate of drug-likeness (QED) is 0.645. The van der Waals surface area contributed by atoms with Gasteiger partial charge in [0.25, 0.3) is 0 Å². The highest BCUT2D eigenvalue weighted by Crippen LogP contribution is 2.26. The zero-order valence-corrected chi connectivity index (χ0v) is 12.0. The summed E-state index contributed by atoms with van der Waals surface area (Å²) in [4.78, 5) is 1.64. The van der Waals surface area contributed by atoms with Gasteiger partial charge >= 0.3 is 0 Å². The summed E-state index contributed by atoms with van der Waals surface area (Å²) in [5, 5.41) is 8.88. The summed E-state index contributed by atoms with van der Waals surface area (Å²) in [5.74, 6) is 6.34. The van der Waals surface area contributed by atoms with E-state index in [0.717, 1.165) is 43.9 Å². The second-order valence-corrected chi connectivity index (χ2v) is 5.41. The van der Waals surface area contributed by atoms with Crippen LogP contribution < -0.4 is 11.3 Å². The molecule has 6 nitrogen and oxygen atoms in total. The number of rotatable bonds is 5. The highest BCUT2D eigenvalue weighted by molar-refractivity contribution is 5.28. The van der Waals surface area contributed by atoms with Crippen molar-refractivity contribution >= 4 is 0 Å². The average Bonchev–Trinajstić information content (AvgIpc) is 3.04. The Balaban J connectivity index is 1.71. The monoisotopic (exact) mass is 287 g/mol. The summed E-state index contributed by atoms with van der Waals surface area (Å²) in [5.41, 5.74) is 4.71. The summed E-state index contributed by atoms with van der Waals surface area (Å²) in [6, 6.07) is 9.91. The first kappa shape index (κ1) is 14.2. The molecule has 0 bridgehead atoms. The molecule has 0 saturated carbocycles. The number of hydrazine groups is 1. The van der Waals surface area contributed by atoms with Gasteiger partial charge < -0.3 is 4.74 Å². The van der Waals surface area contributed by atoms with Crippen molar-refractivity contribution in [3.8, 4) is 5.69 Å². The lowest BCUT2D eigenvalue weighted by molar-refractivity contribution is 0.0603. The molecule has 6 heteroatoms. The topological polar surface area (TPSA) is 78.0 Å². The molecule has 1 aliphatic heterocycles. The maximum absolute atomic E-state index is 5.71. The average molecular weight is 287 g/mol. The van der Waals surface area contributed by atoms with E-state index in [2.05, 4.69) is 15.6 Å². The van der Waals surface area contributed by atoms with Crippen LogP contribution in [0.3, 0.4) is 0 Å². The molecule has 1 atom stereocenters. The normalized spacial score (nSPS) is 17.8. The van der Waals surface area contributed by atoms with Gasteiger partial charge in [0.05, 0.1) is 17.9 Å². The van der Waals surface area contributed by atoms with Crippen molar-refractivity contribution in [2.75, 3.05) is 13.2 Å². The van der Waals surface area contributed by atoms with E-state index in [0.29, 0.717) is 5.92 Å². The highest BCUT2D eigenvalue weighted by atomic mass is 16.5. The van der Waals surface area contributed by atoms with Crippen molar-refractivity contribution < 1.29 is 4.74 Å². The number of nitrogens with zero attached hydrogens (tertiary/aromatic N) is 3. The van der Waals surface area contributed by atoms with Crippen molar-refractivity contribution in [2.45, 2.75) is 25.3 Å². The van der Waals surface area contributed by atoms with Crippen molar-refractivity contribution in [1.82, 2.24) is 20.4 Å². The fraction of sp³-hybridized carbons (Fsp3) is 0.467. The van der Waals surface area contributed by atoms with E-state index in [4.69, 9.17) is 10.6 Å². The third-order valence-electron chi connectivity index (χ3n) is 3.96. The molecule has 1 aromatic carbocycles. The molecule has 112 valence electrons. The van der Waals surface area contributed by atoms with Crippen LogP contribution in [0.2, 0.25) is 0 Å². The summed E-state index contributed by atoms with van der Waals surface area (Å²) in [6.07, 6.45) is 4.93. The summed E-state index contributed by atoms with van der Waals surface area (Å²) < 4.78 is 5.40. The van der Waals surface area contributed by atoms with E-state index >= 15 is 0 Å². The summed E-state index contributed by atoms with van der Waals surface area (Å²) >= 11 is 0. The molecule has 1 aliphatic rings. The Morgan fingerprint density at radius 2 is 2.05 bits per heavy atom. The Kier molecular flexibility index (Phi) is 4.59. The minimum atomic E-state index is 0.0329. The van der Waals surface area contributed by atoms with Crippen LogP contribution in [0.25, 0.3) is 5.69 Å². The molecule has 21 heavy (non-hydrogen) atoms. The molecule has 0 spiro atoms. The largest absolute Gasteiger partial charge is 0.381 e. The van der Waals surface area contributed by atoms with E-state index in [1.165, 1.54) is 0 Å². The molecule has 0 radical (unpaired) electrons. The number of hydrogen-bond acceptors (Lipinski definition) is 5. The smallest absolute Gasteiger partial charge is 0.101 e. The maximum Gasteiger partial charge on any atom is 0.101 e. The molecule has 3 N–H and O–H groups in total. The first-order chi connectivity index (χ1) is 10.4. The SMILES string of the molecule is NNC(CC1CCOCC1)c1cnn(-c2ccccc2)n1. The van der Waals surface area contributed by atoms with Gasteiger partial charge in [0.1, 0.15) is 5.69 Å². The van der Waals surface area contributed by atoms with Crippen LogP contribution in [0.1, 0.15) is 31.0 Å². The molecule has 0 amide bonds. The Labute approximate surface area is 124 Å². The van der Waals surface area contributed by atoms with Gasteiger partial charge in [0, 0.05) is 13.2 Å². The lowest BCUT2D eigenvalue weighted by atomic mass is 9.92. The van der Waals surface area contributed by atoms with Crippen LogP contribution in [0.15, 0.2) is 36.5 Å². The fourth-order valence-electron chi connectivity index (χ4n) is 2.71. The summed E-state index contributed by atoms with van der Waals surface area (Å²) in [6.45, 7) is 1.69. The standard InChI is InChI=1S/C15H21N5O/c16-18-14(10-12-6-8-21-9-7-12)15-11-17-20(19-15)13-4-2-1-3-5-13/h1-5,11-12,14,18H,6-10,16H2. The number of nitrogens with two attached hydrogens (primary N) is 1. The predicted molar refractivity (Wildman–Crippen MR) is 79.6 cm³/mol. The van der Waals surface area contributed by atoms with E-state index in [1.807, 2.05) is 30.3 Å². The van der Waals surface area contributed by atoms with E-state index in [-0.39, 0.29) is 6.04 Å². The Hall–Kier alpha value is -1.76. The molecule has 2 aromatic rings. The summed E-state index contributed by atoms with van der Waals surface area (Å²) in [7, 11) is 0. The second kappa shape index (κ2) is 6.80. The minimum absolute atomic E-state index is 0.0329. The van der Waals surface area contributed by atoms with E-state index in [1.54, 1.807) is 11.0 Å². The van der Waals surface area contributed by atoms with Crippen molar-refractivity contribution in [2.24, 2.45) is 11.8 Å². The number of ether oxygens (including phenoxy) is 1. The number of para-hydroxylation sites is 1. The molecule has 1 saturated heterocycles. The Bertz CT molecular complexity index is 550. The molecular weight excluding hydrogens is 266 g/mol. The molecule has 0 aliphatic carbocycles. The predicted octanol–water partition coefficient (Wildman–Crippen LogP) is 1.59. The lowest BCUT2D eigenvalue weighted by Crippen LogP contribution is -2.31. The first-order valence-corrected chi connectivity index (χ1v) is 7.38. The molecule has 3 rings (SSSR count). The molecule has 2 heterocycles. The van der Waals surface area contributed by atoms with Gasteiger partial charge in [-0.25, -0.2) is 0 Å². The first-order valence-electron chi connectivity index (χ1n) is 7.38. The van der Waals surface area contributed by atoms with Crippen molar-refractivity contribution in [1.29, 1.82) is 0 Å². The second-order valence-electron chi connectivity index (χ2n) is 5.41. The van der Waals surface area contributed by atoms with Gasteiger partial charge in [0.15, 0.2) is 0 Å². The molecule has 1 fully saturated rings. The zero-order chi connectivity index (χ0) is 14.5. The van der Waals surface area contributed by atoms with Gasteiger partial charge in [0.2, 0.25) is 0 Å². The van der Waals surface area contributed by atoms with Crippen molar-refractivity contribution in [3.05, 3.63) is 42.2 Å². The van der Waals surface area contributed by atoms with E-state index in [9.17, 15) is 0 Å². The van der Waals surface area contributed by atoms with Gasteiger partial charge in [-0.1, -0.05) is 18.2 Å². The van der Waals surface area contributed by atoms with Gasteiger partial charge in [-0.05, 0) is 37.3 Å². The minimum Gasteiger partial charge on any atom is -0.381 e. The van der Waals surface area contributed by atoms with Crippen LogP contribution in [-0.2, 0) is 4.74 Å². The number of nitrogens with one attached hydrogen (secondary N) is 1. The van der Waals surface area contributed by atoms with Gasteiger partial charge in [-0.15, -0.1) is 0 Å².